The van der Waals surface area contributed by atoms with Gasteiger partial charge in [-0.25, -0.2) is 4.68 Å². The lowest BCUT2D eigenvalue weighted by molar-refractivity contribution is 0.354. The molecule has 6 nitrogen and oxygen atoms in total. The van der Waals surface area contributed by atoms with Crippen LogP contribution in [-0.4, -0.2) is 32.7 Å². The van der Waals surface area contributed by atoms with Crippen LogP contribution in [-0.2, 0) is 20.0 Å². The first kappa shape index (κ1) is 13.8. The Hall–Kier alpha value is -1.82. The quantitative estimate of drug-likeness (QED) is 0.904. The van der Waals surface area contributed by atoms with Crippen molar-refractivity contribution < 1.29 is 0 Å². The van der Waals surface area contributed by atoms with Gasteiger partial charge in [-0.05, 0) is 26.2 Å². The first-order chi connectivity index (χ1) is 10.7. The van der Waals surface area contributed by atoms with Crippen LogP contribution in [0.2, 0.25) is 0 Å². The molecule has 2 aromatic rings. The molecule has 0 bridgehead atoms. The third-order valence-corrected chi connectivity index (χ3v) is 4.93. The number of aryl methyl sites for hydroxylation is 2. The monoisotopic (exact) mass is 300 g/mol. The lowest BCUT2D eigenvalue weighted by Gasteiger charge is -2.29. The maximum atomic E-state index is 4.55. The van der Waals surface area contributed by atoms with Crippen LogP contribution in [0.5, 0.6) is 0 Å². The SMILES string of the molecule is Cc1cc2n(n1)C[C@@H](CN[C@H]1CCCc3c1cnn3C)CN2. The molecule has 0 aromatic carbocycles. The average Bonchev–Trinajstić information content (AvgIpc) is 3.07. The van der Waals surface area contributed by atoms with Crippen LogP contribution in [0.15, 0.2) is 12.3 Å². The van der Waals surface area contributed by atoms with Crippen molar-refractivity contribution in [3.05, 3.63) is 29.2 Å². The summed E-state index contributed by atoms with van der Waals surface area (Å²) in [5.41, 5.74) is 3.88. The highest BCUT2D eigenvalue weighted by Crippen LogP contribution is 2.29. The summed E-state index contributed by atoms with van der Waals surface area (Å²) in [5, 5.41) is 16.2. The minimum atomic E-state index is 0.457. The van der Waals surface area contributed by atoms with Gasteiger partial charge >= 0.3 is 0 Å². The highest BCUT2D eigenvalue weighted by atomic mass is 15.3. The van der Waals surface area contributed by atoms with E-state index in [1.807, 2.05) is 24.9 Å². The van der Waals surface area contributed by atoms with Gasteiger partial charge in [0.1, 0.15) is 5.82 Å². The molecule has 0 fully saturated rings. The maximum Gasteiger partial charge on any atom is 0.124 e. The summed E-state index contributed by atoms with van der Waals surface area (Å²) in [6, 6.07) is 2.57. The second kappa shape index (κ2) is 5.43. The minimum absolute atomic E-state index is 0.457. The Morgan fingerprint density at radius 3 is 3.27 bits per heavy atom. The van der Waals surface area contributed by atoms with Gasteiger partial charge in [0.05, 0.1) is 11.9 Å². The third kappa shape index (κ3) is 2.41. The van der Waals surface area contributed by atoms with Crippen molar-refractivity contribution >= 4 is 5.82 Å². The van der Waals surface area contributed by atoms with E-state index in [-0.39, 0.29) is 0 Å². The van der Waals surface area contributed by atoms with Gasteiger partial charge in [-0.3, -0.25) is 4.68 Å². The Balaban J connectivity index is 1.40. The summed E-state index contributed by atoms with van der Waals surface area (Å²) in [5.74, 6) is 1.73. The number of nitrogens with zero attached hydrogens (tertiary/aromatic N) is 4. The Kier molecular flexibility index (Phi) is 3.41. The second-order valence-corrected chi connectivity index (χ2v) is 6.62. The smallest absolute Gasteiger partial charge is 0.124 e. The lowest BCUT2D eigenvalue weighted by Crippen LogP contribution is -2.37. The number of fused-ring (bicyclic) bond motifs is 2. The van der Waals surface area contributed by atoms with Gasteiger partial charge in [-0.2, -0.15) is 10.2 Å². The molecule has 2 aliphatic rings. The molecular weight excluding hydrogens is 276 g/mol. The Bertz CT molecular complexity index is 670. The van der Waals surface area contributed by atoms with E-state index in [4.69, 9.17) is 0 Å². The summed E-state index contributed by atoms with van der Waals surface area (Å²) in [6.07, 6.45) is 5.66. The molecule has 0 saturated carbocycles. The van der Waals surface area contributed by atoms with Gasteiger partial charge in [0, 0.05) is 56.0 Å². The summed E-state index contributed by atoms with van der Waals surface area (Å²) in [7, 11) is 2.05. The van der Waals surface area contributed by atoms with Gasteiger partial charge in [0.25, 0.3) is 0 Å². The van der Waals surface area contributed by atoms with Crippen LogP contribution in [0.1, 0.15) is 35.8 Å². The van der Waals surface area contributed by atoms with E-state index in [9.17, 15) is 0 Å². The van der Waals surface area contributed by atoms with Gasteiger partial charge in [0.15, 0.2) is 0 Å². The number of hydrogen-bond acceptors (Lipinski definition) is 4. The Morgan fingerprint density at radius 2 is 2.36 bits per heavy atom. The second-order valence-electron chi connectivity index (χ2n) is 6.62. The lowest BCUT2D eigenvalue weighted by atomic mass is 9.92. The van der Waals surface area contributed by atoms with Crippen LogP contribution in [0.25, 0.3) is 0 Å². The van der Waals surface area contributed by atoms with Crippen molar-refractivity contribution in [2.24, 2.45) is 13.0 Å². The average molecular weight is 300 g/mol. The molecule has 3 heterocycles. The molecule has 0 unspecified atom stereocenters. The van der Waals surface area contributed by atoms with Crippen molar-refractivity contribution in [2.45, 2.75) is 38.8 Å². The molecule has 2 N–H and O–H groups in total. The van der Waals surface area contributed by atoms with E-state index in [1.165, 1.54) is 24.1 Å². The fourth-order valence-corrected chi connectivity index (χ4v) is 3.75. The Morgan fingerprint density at radius 1 is 1.45 bits per heavy atom. The minimum Gasteiger partial charge on any atom is -0.370 e. The largest absolute Gasteiger partial charge is 0.370 e. The number of hydrogen-bond donors (Lipinski definition) is 2. The van der Waals surface area contributed by atoms with Gasteiger partial charge < -0.3 is 10.6 Å². The molecule has 2 atom stereocenters. The molecule has 1 aliphatic carbocycles. The molecule has 6 heteroatoms. The van der Waals surface area contributed by atoms with Gasteiger partial charge in [0.2, 0.25) is 0 Å². The fraction of sp³-hybridized carbons (Fsp3) is 0.625. The first-order valence-electron chi connectivity index (χ1n) is 8.23. The highest BCUT2D eigenvalue weighted by Gasteiger charge is 2.25. The molecular formula is C16H24N6. The van der Waals surface area contributed by atoms with E-state index in [0.717, 1.165) is 37.6 Å². The molecule has 0 saturated heterocycles. The molecule has 2 aromatic heterocycles. The molecule has 22 heavy (non-hydrogen) atoms. The molecule has 0 radical (unpaired) electrons. The zero-order valence-corrected chi connectivity index (χ0v) is 13.3. The van der Waals surface area contributed by atoms with E-state index in [1.54, 1.807) is 0 Å². The van der Waals surface area contributed by atoms with E-state index >= 15 is 0 Å². The van der Waals surface area contributed by atoms with Crippen LogP contribution >= 0.6 is 0 Å². The summed E-state index contributed by atoms with van der Waals surface area (Å²) in [6.45, 7) is 5.08. The number of rotatable bonds is 3. The number of aromatic nitrogens is 4. The van der Waals surface area contributed by atoms with Crippen LogP contribution < -0.4 is 10.6 Å². The summed E-state index contributed by atoms with van der Waals surface area (Å²) < 4.78 is 4.13. The predicted molar refractivity (Wildman–Crippen MR) is 85.8 cm³/mol. The predicted octanol–water partition coefficient (Wildman–Crippen LogP) is 1.63. The topological polar surface area (TPSA) is 59.7 Å². The van der Waals surface area contributed by atoms with Crippen LogP contribution in [0, 0.1) is 12.8 Å². The Labute approximate surface area is 130 Å². The third-order valence-electron chi connectivity index (χ3n) is 4.93. The normalized spacial score (nSPS) is 23.7. The highest BCUT2D eigenvalue weighted by molar-refractivity contribution is 5.38. The number of nitrogens with one attached hydrogen (secondary N) is 2. The van der Waals surface area contributed by atoms with Crippen LogP contribution in [0.4, 0.5) is 5.82 Å². The summed E-state index contributed by atoms with van der Waals surface area (Å²) >= 11 is 0. The first-order valence-corrected chi connectivity index (χ1v) is 8.23. The molecule has 0 amide bonds. The summed E-state index contributed by atoms with van der Waals surface area (Å²) in [4.78, 5) is 0. The standard InChI is InChI=1S/C16H24N6/c1-11-6-16-18-8-12(10-22(16)20-11)7-17-14-4-3-5-15-13(14)9-19-21(15)2/h6,9,12,14,17-18H,3-5,7-8,10H2,1-2H3/t12-,14-/m0/s1. The van der Waals surface area contributed by atoms with E-state index in [0.29, 0.717) is 12.0 Å². The fourth-order valence-electron chi connectivity index (χ4n) is 3.75. The van der Waals surface area contributed by atoms with Crippen LogP contribution in [0.3, 0.4) is 0 Å². The zero-order chi connectivity index (χ0) is 15.1. The van der Waals surface area contributed by atoms with Crippen molar-refractivity contribution in [1.29, 1.82) is 0 Å². The zero-order valence-electron chi connectivity index (χ0n) is 13.3. The van der Waals surface area contributed by atoms with Gasteiger partial charge in [-0.15, -0.1) is 0 Å². The van der Waals surface area contributed by atoms with E-state index < -0.39 is 0 Å². The van der Waals surface area contributed by atoms with Crippen molar-refractivity contribution in [1.82, 2.24) is 24.9 Å². The number of anilines is 1. The van der Waals surface area contributed by atoms with Crippen molar-refractivity contribution in [3.8, 4) is 0 Å². The maximum absolute atomic E-state index is 4.55. The van der Waals surface area contributed by atoms with Crippen molar-refractivity contribution in [3.63, 3.8) is 0 Å². The molecule has 0 spiro atoms. The van der Waals surface area contributed by atoms with Crippen molar-refractivity contribution in [2.75, 3.05) is 18.4 Å². The molecule has 118 valence electrons. The van der Waals surface area contributed by atoms with Gasteiger partial charge in [-0.1, -0.05) is 0 Å². The van der Waals surface area contributed by atoms with E-state index in [2.05, 4.69) is 31.6 Å². The molecule has 1 aliphatic heterocycles. The molecule has 4 rings (SSSR count).